The van der Waals surface area contributed by atoms with E-state index in [1.54, 1.807) is 0 Å². The van der Waals surface area contributed by atoms with E-state index in [4.69, 9.17) is 32.7 Å². The van der Waals surface area contributed by atoms with Gasteiger partial charge >= 0.3 is 5.97 Å². The number of rotatable bonds is 8. The molecule has 0 bridgehead atoms. The molecule has 1 saturated heterocycles. The molecule has 14 heteroatoms. The first-order valence-electron chi connectivity index (χ1n) is 9.94. The van der Waals surface area contributed by atoms with Gasteiger partial charge in [-0.05, 0) is 24.3 Å². The van der Waals surface area contributed by atoms with E-state index in [0.29, 0.717) is 5.02 Å². The van der Waals surface area contributed by atoms with Gasteiger partial charge in [-0.25, -0.2) is 0 Å². The molecule has 1 aliphatic rings. The second-order valence-corrected chi connectivity index (χ2v) is 8.11. The minimum absolute atomic E-state index is 0.0817. The van der Waals surface area contributed by atoms with Crippen LogP contribution in [0, 0.1) is 16.0 Å². The Morgan fingerprint density at radius 3 is 2.60 bits per heavy atom. The van der Waals surface area contributed by atoms with Gasteiger partial charge in [0, 0.05) is 23.6 Å². The lowest BCUT2D eigenvalue weighted by Gasteiger charge is -2.18. The van der Waals surface area contributed by atoms with E-state index >= 15 is 0 Å². The van der Waals surface area contributed by atoms with Crippen LogP contribution in [0.4, 0.5) is 11.4 Å². The maximum atomic E-state index is 12.4. The number of nitro benzene ring substituents is 1. The average molecular weight is 525 g/mol. The lowest BCUT2D eigenvalue weighted by molar-refractivity contribution is -0.383. The van der Waals surface area contributed by atoms with Gasteiger partial charge in [-0.15, -0.1) is 0 Å². The van der Waals surface area contributed by atoms with Gasteiger partial charge in [0.15, 0.2) is 6.61 Å². The van der Waals surface area contributed by atoms with Crippen LogP contribution in [0.25, 0.3) is 0 Å². The summed E-state index contributed by atoms with van der Waals surface area (Å²) in [5, 5.41) is 14.8. The summed E-state index contributed by atoms with van der Waals surface area (Å²) in [5.74, 6) is -3.57. The number of esters is 1. The molecule has 2 aromatic carbocycles. The zero-order chi connectivity index (χ0) is 25.7. The zero-order valence-corrected chi connectivity index (χ0v) is 19.6. The summed E-state index contributed by atoms with van der Waals surface area (Å²) in [4.78, 5) is 59.6. The molecule has 2 aromatic rings. The third-order valence-corrected chi connectivity index (χ3v) is 5.44. The molecule has 3 amide bonds. The Hall–Kier alpha value is -3.90. The van der Waals surface area contributed by atoms with Crippen molar-refractivity contribution in [1.82, 2.24) is 10.4 Å². The zero-order valence-electron chi connectivity index (χ0n) is 18.1. The molecule has 35 heavy (non-hydrogen) atoms. The van der Waals surface area contributed by atoms with Crippen LogP contribution in [-0.2, 0) is 19.1 Å². The number of hydrogen-bond acceptors (Lipinski definition) is 8. The van der Waals surface area contributed by atoms with Crippen LogP contribution in [0.15, 0.2) is 36.4 Å². The molecule has 1 fully saturated rings. The molecular weight excluding hydrogens is 507 g/mol. The molecule has 1 atom stereocenters. The number of amides is 3. The number of carbonyl (C=O) groups is 4. The third-order valence-electron chi connectivity index (χ3n) is 4.89. The molecule has 0 radical (unpaired) electrons. The predicted molar refractivity (Wildman–Crippen MR) is 123 cm³/mol. The highest BCUT2D eigenvalue weighted by atomic mass is 35.5. The van der Waals surface area contributed by atoms with E-state index in [1.165, 1.54) is 37.4 Å². The molecule has 0 aliphatic carbocycles. The van der Waals surface area contributed by atoms with Crippen molar-refractivity contribution in [1.29, 1.82) is 0 Å². The van der Waals surface area contributed by atoms with Gasteiger partial charge in [0.1, 0.15) is 11.4 Å². The molecule has 0 unspecified atom stereocenters. The molecule has 0 saturated carbocycles. The molecule has 1 heterocycles. The number of anilines is 1. The summed E-state index contributed by atoms with van der Waals surface area (Å²) >= 11 is 11.8. The highest BCUT2D eigenvalue weighted by molar-refractivity contribution is 6.36. The Balaban J connectivity index is 1.54. The number of hydrazine groups is 1. The van der Waals surface area contributed by atoms with Crippen LogP contribution in [0.3, 0.4) is 0 Å². The van der Waals surface area contributed by atoms with Gasteiger partial charge in [-0.2, -0.15) is 0 Å². The van der Waals surface area contributed by atoms with Crippen molar-refractivity contribution in [2.75, 3.05) is 25.6 Å². The van der Waals surface area contributed by atoms with Crippen LogP contribution >= 0.6 is 23.2 Å². The maximum Gasteiger partial charge on any atom is 0.311 e. The smallest absolute Gasteiger partial charge is 0.311 e. The number of hydrogen-bond donors (Lipinski definition) is 2. The maximum absolute atomic E-state index is 12.4. The Kier molecular flexibility index (Phi) is 8.10. The molecule has 184 valence electrons. The molecule has 0 aromatic heterocycles. The van der Waals surface area contributed by atoms with E-state index in [0.717, 1.165) is 11.1 Å². The molecule has 3 rings (SSSR count). The van der Waals surface area contributed by atoms with Gasteiger partial charge in [-0.1, -0.05) is 23.2 Å². The summed E-state index contributed by atoms with van der Waals surface area (Å²) in [6, 6.07) is 7.98. The Morgan fingerprint density at radius 2 is 1.94 bits per heavy atom. The minimum Gasteiger partial charge on any atom is -0.497 e. The van der Waals surface area contributed by atoms with E-state index in [2.05, 4.69) is 10.7 Å². The van der Waals surface area contributed by atoms with Crippen molar-refractivity contribution in [3.05, 3.63) is 62.1 Å². The first kappa shape index (κ1) is 25.7. The number of carbonyl (C=O) groups excluding carboxylic acids is 4. The molecule has 0 spiro atoms. The summed E-state index contributed by atoms with van der Waals surface area (Å²) in [6.45, 7) is -0.928. The molecule has 1 aliphatic heterocycles. The Morgan fingerprint density at radius 1 is 1.20 bits per heavy atom. The van der Waals surface area contributed by atoms with E-state index < -0.39 is 41.1 Å². The van der Waals surface area contributed by atoms with Crippen LogP contribution in [0.1, 0.15) is 16.8 Å². The van der Waals surface area contributed by atoms with Crippen LogP contribution in [0.2, 0.25) is 10.0 Å². The normalized spacial score (nSPS) is 14.9. The fourth-order valence-corrected chi connectivity index (χ4v) is 3.67. The first-order chi connectivity index (χ1) is 16.6. The minimum atomic E-state index is -0.942. The fraction of sp³-hybridized carbons (Fsp3) is 0.238. The summed E-state index contributed by atoms with van der Waals surface area (Å²) in [6.07, 6.45) is -0.254. The van der Waals surface area contributed by atoms with Crippen molar-refractivity contribution in [3.8, 4) is 5.75 Å². The first-order valence-corrected chi connectivity index (χ1v) is 10.7. The van der Waals surface area contributed by atoms with Gasteiger partial charge in [0.05, 0.1) is 35.1 Å². The van der Waals surface area contributed by atoms with Gasteiger partial charge < -0.3 is 14.8 Å². The highest BCUT2D eigenvalue weighted by Crippen LogP contribution is 2.29. The number of ether oxygens (including phenoxy) is 2. The highest BCUT2D eigenvalue weighted by Gasteiger charge is 2.37. The molecular formula is C21H18Cl2N4O8. The molecule has 2 N–H and O–H groups in total. The second-order valence-electron chi connectivity index (χ2n) is 7.27. The lowest BCUT2D eigenvalue weighted by Crippen LogP contribution is -2.43. The number of benzene rings is 2. The summed E-state index contributed by atoms with van der Waals surface area (Å²) in [7, 11) is 1.35. The van der Waals surface area contributed by atoms with Crippen molar-refractivity contribution < 1.29 is 33.6 Å². The van der Waals surface area contributed by atoms with Gasteiger partial charge in [-0.3, -0.25) is 39.7 Å². The average Bonchev–Trinajstić information content (AvgIpc) is 3.17. The van der Waals surface area contributed by atoms with Crippen molar-refractivity contribution in [3.63, 3.8) is 0 Å². The quantitative estimate of drug-likeness (QED) is 0.303. The van der Waals surface area contributed by atoms with E-state index in [1.807, 2.05) is 0 Å². The lowest BCUT2D eigenvalue weighted by atomic mass is 10.1. The van der Waals surface area contributed by atoms with Gasteiger partial charge in [0.25, 0.3) is 17.5 Å². The number of methoxy groups -OCH3 is 1. The predicted octanol–water partition coefficient (Wildman–Crippen LogP) is 2.59. The van der Waals surface area contributed by atoms with Crippen molar-refractivity contribution in [2.24, 2.45) is 5.92 Å². The summed E-state index contributed by atoms with van der Waals surface area (Å²) < 4.78 is 9.94. The fourth-order valence-electron chi connectivity index (χ4n) is 3.17. The topological polar surface area (TPSA) is 157 Å². The number of nitrogens with one attached hydrogen (secondary N) is 2. The van der Waals surface area contributed by atoms with Crippen LogP contribution in [-0.4, -0.2) is 53.9 Å². The largest absolute Gasteiger partial charge is 0.497 e. The van der Waals surface area contributed by atoms with Crippen LogP contribution < -0.4 is 15.5 Å². The summed E-state index contributed by atoms with van der Waals surface area (Å²) in [5.41, 5.74) is 1.94. The Bertz CT molecular complexity index is 1210. The SMILES string of the molecule is COc1ccc([N+](=O)[O-])c(NC(=O)COC(=O)[C@@H]2CC(=O)N(NC(=O)c3ccc(Cl)cc3Cl)C2)c1. The van der Waals surface area contributed by atoms with E-state index in [-0.39, 0.29) is 40.7 Å². The molecule has 12 nitrogen and oxygen atoms in total. The number of nitrogens with zero attached hydrogens (tertiary/aromatic N) is 2. The Labute approximate surface area is 208 Å². The number of halogens is 2. The van der Waals surface area contributed by atoms with E-state index in [9.17, 15) is 29.3 Å². The van der Waals surface area contributed by atoms with Crippen LogP contribution in [0.5, 0.6) is 5.75 Å². The van der Waals surface area contributed by atoms with Crippen molar-refractivity contribution in [2.45, 2.75) is 6.42 Å². The van der Waals surface area contributed by atoms with Crippen molar-refractivity contribution >= 4 is 58.3 Å². The standard InChI is InChI=1S/C21H18Cl2N4O8/c1-34-13-3-5-17(27(32)33)16(8-13)24-18(28)10-35-21(31)11-6-19(29)26(9-11)25-20(30)14-4-2-12(22)7-15(14)23/h2-5,7-8,11H,6,9-10H2,1H3,(H,24,28)(H,25,30)/t11-/m1/s1. The number of nitro groups is 1. The second kappa shape index (κ2) is 11.0. The van der Waals surface area contributed by atoms with Gasteiger partial charge in [0.2, 0.25) is 5.91 Å². The third kappa shape index (κ3) is 6.37. The monoisotopic (exact) mass is 524 g/mol.